The van der Waals surface area contributed by atoms with Crippen molar-refractivity contribution < 1.29 is 13.2 Å². The van der Waals surface area contributed by atoms with Crippen molar-refractivity contribution in [1.82, 2.24) is 20.3 Å². The van der Waals surface area contributed by atoms with Crippen molar-refractivity contribution in [1.29, 1.82) is 0 Å². The molecule has 1 aliphatic heterocycles. The zero-order chi connectivity index (χ0) is 20.6. The SMILES string of the molecule is CN=C(NCCNS(=O)(=O)c1cccc(Cl)c1)NCC(C)(C)N1CCOCC1. The van der Waals surface area contributed by atoms with E-state index in [1.807, 2.05) is 0 Å². The summed E-state index contributed by atoms with van der Waals surface area (Å²) in [6.07, 6.45) is 0. The maximum absolute atomic E-state index is 12.3. The van der Waals surface area contributed by atoms with E-state index in [4.69, 9.17) is 16.3 Å². The molecule has 2 rings (SSSR count). The van der Waals surface area contributed by atoms with Crippen LogP contribution in [0.2, 0.25) is 5.02 Å². The van der Waals surface area contributed by atoms with Gasteiger partial charge in [0.1, 0.15) is 0 Å². The van der Waals surface area contributed by atoms with Crippen LogP contribution in [0.3, 0.4) is 0 Å². The highest BCUT2D eigenvalue weighted by atomic mass is 35.5. The zero-order valence-electron chi connectivity index (χ0n) is 16.7. The number of rotatable bonds is 8. The summed E-state index contributed by atoms with van der Waals surface area (Å²) >= 11 is 5.86. The minimum absolute atomic E-state index is 0.0461. The Bertz CT molecular complexity index is 764. The molecule has 1 aromatic rings. The molecule has 0 unspecified atom stereocenters. The summed E-state index contributed by atoms with van der Waals surface area (Å²) in [5.41, 5.74) is -0.0461. The van der Waals surface area contributed by atoms with E-state index in [0.717, 1.165) is 26.3 Å². The third kappa shape index (κ3) is 6.89. The average molecular weight is 432 g/mol. The molecule has 0 radical (unpaired) electrons. The predicted octanol–water partition coefficient (Wildman–Crippen LogP) is 0.894. The highest BCUT2D eigenvalue weighted by molar-refractivity contribution is 7.89. The predicted molar refractivity (Wildman–Crippen MR) is 112 cm³/mol. The van der Waals surface area contributed by atoms with Gasteiger partial charge in [-0.25, -0.2) is 13.1 Å². The van der Waals surface area contributed by atoms with E-state index in [0.29, 0.717) is 24.1 Å². The smallest absolute Gasteiger partial charge is 0.240 e. The maximum atomic E-state index is 12.3. The van der Waals surface area contributed by atoms with E-state index in [1.54, 1.807) is 19.2 Å². The summed E-state index contributed by atoms with van der Waals surface area (Å²) in [6.45, 7) is 9.01. The van der Waals surface area contributed by atoms with Crippen molar-refractivity contribution in [3.8, 4) is 0 Å². The standard InChI is InChI=1S/C18H30ClN5O3S/c1-18(2,24-9-11-27-12-10-24)14-22-17(20-3)21-7-8-23-28(25,26)16-6-4-5-15(19)13-16/h4-6,13,23H,7-12,14H2,1-3H3,(H2,20,21,22). The number of nitrogens with one attached hydrogen (secondary N) is 3. The van der Waals surface area contributed by atoms with Crippen LogP contribution >= 0.6 is 11.6 Å². The van der Waals surface area contributed by atoms with Crippen LogP contribution in [0, 0.1) is 0 Å². The fourth-order valence-electron chi connectivity index (χ4n) is 2.88. The van der Waals surface area contributed by atoms with Crippen LogP contribution in [-0.2, 0) is 14.8 Å². The lowest BCUT2D eigenvalue weighted by atomic mass is 10.0. The van der Waals surface area contributed by atoms with Crippen LogP contribution in [-0.4, -0.2) is 77.8 Å². The van der Waals surface area contributed by atoms with E-state index in [-0.39, 0.29) is 17.0 Å². The number of sulfonamides is 1. The van der Waals surface area contributed by atoms with Gasteiger partial charge in [-0.1, -0.05) is 17.7 Å². The van der Waals surface area contributed by atoms with Gasteiger partial charge in [0.25, 0.3) is 0 Å². The van der Waals surface area contributed by atoms with Gasteiger partial charge in [-0.15, -0.1) is 0 Å². The lowest BCUT2D eigenvalue weighted by molar-refractivity contribution is -0.00833. The van der Waals surface area contributed by atoms with Crippen LogP contribution in [0.1, 0.15) is 13.8 Å². The third-order valence-electron chi connectivity index (χ3n) is 4.60. The first-order chi connectivity index (χ1) is 13.2. The number of nitrogens with zero attached hydrogens (tertiary/aromatic N) is 2. The minimum atomic E-state index is -3.59. The number of guanidine groups is 1. The van der Waals surface area contributed by atoms with E-state index in [9.17, 15) is 8.42 Å². The lowest BCUT2D eigenvalue weighted by Crippen LogP contribution is -2.56. The Kier molecular flexibility index (Phi) is 8.51. The summed E-state index contributed by atoms with van der Waals surface area (Å²) < 4.78 is 32.5. The van der Waals surface area contributed by atoms with Gasteiger partial charge in [-0.2, -0.15) is 0 Å². The molecule has 1 saturated heterocycles. The Labute approximate surface area is 172 Å². The molecule has 8 nitrogen and oxygen atoms in total. The molecule has 3 N–H and O–H groups in total. The van der Waals surface area contributed by atoms with Crippen molar-refractivity contribution in [2.75, 3.05) is 53.0 Å². The molecule has 0 bridgehead atoms. The Balaban J connectivity index is 1.76. The lowest BCUT2D eigenvalue weighted by Gasteiger charge is -2.41. The van der Waals surface area contributed by atoms with Crippen LogP contribution in [0.5, 0.6) is 0 Å². The molecule has 158 valence electrons. The first kappa shape index (κ1) is 22.9. The van der Waals surface area contributed by atoms with Gasteiger partial charge >= 0.3 is 0 Å². The fraction of sp³-hybridized carbons (Fsp3) is 0.611. The molecule has 1 fully saturated rings. The number of hydrogen-bond acceptors (Lipinski definition) is 5. The van der Waals surface area contributed by atoms with Crippen LogP contribution in [0.25, 0.3) is 0 Å². The van der Waals surface area contributed by atoms with Gasteiger partial charge in [-0.05, 0) is 32.0 Å². The highest BCUT2D eigenvalue weighted by Crippen LogP contribution is 2.15. The number of ether oxygens (including phenoxy) is 1. The summed E-state index contributed by atoms with van der Waals surface area (Å²) in [5, 5.41) is 6.81. The Morgan fingerprint density at radius 3 is 2.61 bits per heavy atom. The molecular weight excluding hydrogens is 402 g/mol. The van der Waals surface area contributed by atoms with Gasteiger partial charge in [0.05, 0.1) is 18.1 Å². The van der Waals surface area contributed by atoms with Gasteiger partial charge in [0.15, 0.2) is 5.96 Å². The molecule has 1 heterocycles. The Morgan fingerprint density at radius 2 is 1.96 bits per heavy atom. The molecule has 0 spiro atoms. The van der Waals surface area contributed by atoms with E-state index in [2.05, 4.69) is 39.1 Å². The average Bonchev–Trinajstić information content (AvgIpc) is 2.68. The first-order valence-electron chi connectivity index (χ1n) is 9.27. The normalized spacial score (nSPS) is 16.8. The molecule has 0 atom stereocenters. The molecule has 0 saturated carbocycles. The Hall–Kier alpha value is -1.39. The van der Waals surface area contributed by atoms with Crippen LogP contribution in [0.4, 0.5) is 0 Å². The molecule has 0 amide bonds. The van der Waals surface area contributed by atoms with E-state index >= 15 is 0 Å². The fourth-order valence-corrected chi connectivity index (χ4v) is 4.22. The van der Waals surface area contributed by atoms with E-state index in [1.165, 1.54) is 12.1 Å². The summed E-state index contributed by atoms with van der Waals surface area (Å²) in [6, 6.07) is 6.18. The van der Waals surface area contributed by atoms with Crippen molar-refractivity contribution in [3.05, 3.63) is 29.3 Å². The second-order valence-corrected chi connectivity index (χ2v) is 9.32. The van der Waals surface area contributed by atoms with Gasteiger partial charge in [-0.3, -0.25) is 9.89 Å². The number of halogens is 1. The molecule has 1 aliphatic rings. The minimum Gasteiger partial charge on any atom is -0.379 e. The number of hydrogen-bond donors (Lipinski definition) is 3. The number of morpholine rings is 1. The van der Waals surface area contributed by atoms with Crippen LogP contribution in [0.15, 0.2) is 34.2 Å². The second-order valence-electron chi connectivity index (χ2n) is 7.12. The zero-order valence-corrected chi connectivity index (χ0v) is 18.2. The number of benzene rings is 1. The highest BCUT2D eigenvalue weighted by Gasteiger charge is 2.28. The molecule has 0 aliphatic carbocycles. The monoisotopic (exact) mass is 431 g/mol. The van der Waals surface area contributed by atoms with Crippen molar-refractivity contribution in [3.63, 3.8) is 0 Å². The van der Waals surface area contributed by atoms with Gasteiger partial charge in [0.2, 0.25) is 10.0 Å². The van der Waals surface area contributed by atoms with Crippen molar-refractivity contribution >= 4 is 27.6 Å². The topological polar surface area (TPSA) is 95.1 Å². The maximum Gasteiger partial charge on any atom is 0.240 e. The molecule has 1 aromatic carbocycles. The largest absolute Gasteiger partial charge is 0.379 e. The molecule has 28 heavy (non-hydrogen) atoms. The van der Waals surface area contributed by atoms with Crippen molar-refractivity contribution in [2.45, 2.75) is 24.3 Å². The molecular formula is C18H30ClN5O3S. The third-order valence-corrected chi connectivity index (χ3v) is 6.29. The van der Waals surface area contributed by atoms with Crippen molar-refractivity contribution in [2.24, 2.45) is 4.99 Å². The van der Waals surface area contributed by atoms with Crippen LogP contribution < -0.4 is 15.4 Å². The second kappa shape index (κ2) is 10.4. The number of aliphatic imine (C=N–C) groups is 1. The van der Waals surface area contributed by atoms with Gasteiger partial charge < -0.3 is 15.4 Å². The summed E-state index contributed by atoms with van der Waals surface area (Å²) in [4.78, 5) is 6.73. The summed E-state index contributed by atoms with van der Waals surface area (Å²) in [7, 11) is -1.90. The quantitative estimate of drug-likeness (QED) is 0.321. The Morgan fingerprint density at radius 1 is 1.25 bits per heavy atom. The molecule has 0 aromatic heterocycles. The van der Waals surface area contributed by atoms with E-state index < -0.39 is 10.0 Å². The summed E-state index contributed by atoms with van der Waals surface area (Å²) in [5.74, 6) is 0.628. The molecule has 10 heteroatoms. The van der Waals surface area contributed by atoms with Gasteiger partial charge in [0, 0.05) is 50.3 Å². The first-order valence-corrected chi connectivity index (χ1v) is 11.1.